The van der Waals surface area contributed by atoms with Crippen LogP contribution < -0.4 is 5.32 Å². The van der Waals surface area contributed by atoms with Crippen molar-refractivity contribution in [1.82, 2.24) is 19.5 Å². The van der Waals surface area contributed by atoms with Gasteiger partial charge in [0.05, 0.1) is 12.9 Å². The van der Waals surface area contributed by atoms with E-state index >= 15 is 0 Å². The first kappa shape index (κ1) is 19.2. The van der Waals surface area contributed by atoms with Gasteiger partial charge in [-0.25, -0.2) is 15.0 Å². The summed E-state index contributed by atoms with van der Waals surface area (Å²) < 4.78 is 20.0. The van der Waals surface area contributed by atoms with Crippen LogP contribution in [0.15, 0.2) is 12.7 Å². The zero-order valence-corrected chi connectivity index (χ0v) is 17.0. The van der Waals surface area contributed by atoms with E-state index in [0.29, 0.717) is 17.1 Å². The van der Waals surface area contributed by atoms with Crippen molar-refractivity contribution in [2.24, 2.45) is 5.92 Å². The molecule has 4 heterocycles. The molecule has 0 bridgehead atoms. The number of ether oxygens (including phenoxy) is 3. The molecule has 5 rings (SSSR count). The average Bonchev–Trinajstić information content (AvgIpc) is 3.37. The molecule has 1 saturated carbocycles. The number of rotatable bonds is 5. The molecule has 3 fully saturated rings. The van der Waals surface area contributed by atoms with Crippen molar-refractivity contribution in [3.8, 4) is 0 Å². The third-order valence-electron chi connectivity index (χ3n) is 6.22. The van der Waals surface area contributed by atoms with E-state index in [1.807, 2.05) is 18.4 Å². The van der Waals surface area contributed by atoms with Gasteiger partial charge in [-0.3, -0.25) is 4.57 Å². The van der Waals surface area contributed by atoms with Gasteiger partial charge in [-0.1, -0.05) is 19.3 Å². The number of aliphatic hydroxyl groups excluding tert-OH is 1. The van der Waals surface area contributed by atoms with Gasteiger partial charge < -0.3 is 24.6 Å². The minimum atomic E-state index is -0.719. The molecule has 3 aliphatic rings. The Kier molecular flexibility index (Phi) is 4.93. The van der Waals surface area contributed by atoms with Crippen molar-refractivity contribution < 1.29 is 19.3 Å². The van der Waals surface area contributed by atoms with E-state index in [1.54, 1.807) is 12.7 Å². The molecule has 0 radical (unpaired) electrons. The predicted octanol–water partition coefficient (Wildman–Crippen LogP) is 2.23. The summed E-state index contributed by atoms with van der Waals surface area (Å²) >= 11 is 0. The molecule has 9 nitrogen and oxygen atoms in total. The van der Waals surface area contributed by atoms with Crippen LogP contribution in [0, 0.1) is 5.92 Å². The van der Waals surface area contributed by atoms with Crippen LogP contribution in [0.5, 0.6) is 0 Å². The summed E-state index contributed by atoms with van der Waals surface area (Å²) in [6, 6.07) is 0. The zero-order valence-electron chi connectivity index (χ0n) is 17.0. The molecule has 2 aromatic rings. The highest BCUT2D eigenvalue weighted by molar-refractivity contribution is 5.82. The topological polar surface area (TPSA) is 104 Å². The monoisotopic (exact) mass is 403 g/mol. The van der Waals surface area contributed by atoms with Crippen molar-refractivity contribution in [3.63, 3.8) is 0 Å². The second kappa shape index (κ2) is 7.46. The first-order valence-corrected chi connectivity index (χ1v) is 10.6. The molecule has 0 unspecified atom stereocenters. The van der Waals surface area contributed by atoms with Gasteiger partial charge in [-0.05, 0) is 32.6 Å². The molecule has 2 N–H and O–H groups in total. The molecule has 4 atom stereocenters. The first-order chi connectivity index (χ1) is 14.1. The Hall–Kier alpha value is -1.81. The van der Waals surface area contributed by atoms with Crippen LogP contribution >= 0.6 is 0 Å². The third kappa shape index (κ3) is 3.50. The molecule has 0 spiro atoms. The highest BCUT2D eigenvalue weighted by Crippen LogP contribution is 2.43. The van der Waals surface area contributed by atoms with Gasteiger partial charge in [0.2, 0.25) is 0 Å². The molecule has 2 saturated heterocycles. The smallest absolute Gasteiger partial charge is 0.167 e. The Bertz CT molecular complexity index is 866. The molecule has 9 heteroatoms. The molecule has 2 aromatic heterocycles. The van der Waals surface area contributed by atoms with Crippen molar-refractivity contribution in [3.05, 3.63) is 12.7 Å². The first-order valence-electron chi connectivity index (χ1n) is 10.6. The van der Waals surface area contributed by atoms with E-state index < -0.39 is 18.1 Å². The summed E-state index contributed by atoms with van der Waals surface area (Å²) in [4.78, 5) is 13.4. The Morgan fingerprint density at radius 2 is 1.93 bits per heavy atom. The number of fused-ring (bicyclic) bond motifs is 2. The summed E-state index contributed by atoms with van der Waals surface area (Å²) in [5.74, 6) is 0.714. The highest BCUT2D eigenvalue weighted by Gasteiger charge is 2.56. The summed E-state index contributed by atoms with van der Waals surface area (Å²) in [5, 5.41) is 13.2. The van der Waals surface area contributed by atoms with Crippen LogP contribution in [0.3, 0.4) is 0 Å². The van der Waals surface area contributed by atoms with Gasteiger partial charge in [0.1, 0.15) is 24.6 Å². The number of hydrogen-bond donors (Lipinski definition) is 2. The third-order valence-corrected chi connectivity index (χ3v) is 6.22. The van der Waals surface area contributed by atoms with Gasteiger partial charge in [0.15, 0.2) is 29.0 Å². The number of hydrogen-bond acceptors (Lipinski definition) is 8. The van der Waals surface area contributed by atoms with E-state index in [2.05, 4.69) is 20.3 Å². The lowest BCUT2D eigenvalue weighted by atomic mass is 9.89. The largest absolute Gasteiger partial charge is 0.394 e. The lowest BCUT2D eigenvalue weighted by molar-refractivity contribution is -0.199. The summed E-state index contributed by atoms with van der Waals surface area (Å²) in [7, 11) is 0. The number of aromatic nitrogens is 4. The van der Waals surface area contributed by atoms with E-state index in [0.717, 1.165) is 12.4 Å². The van der Waals surface area contributed by atoms with Crippen LogP contribution in [0.2, 0.25) is 0 Å². The van der Waals surface area contributed by atoms with Crippen molar-refractivity contribution >= 4 is 17.0 Å². The van der Waals surface area contributed by atoms with Crippen LogP contribution in [-0.4, -0.2) is 61.9 Å². The summed E-state index contributed by atoms with van der Waals surface area (Å²) in [6.07, 6.45) is 8.18. The Morgan fingerprint density at radius 3 is 2.72 bits per heavy atom. The number of imidazole rings is 1. The standard InChI is InChI=1S/C20H29N5O4/c1-20(2)28-15-13(9-26)27-19(16(15)29-20)25-11-24-14-17(22-10-23-18(14)25)21-8-12-6-4-3-5-7-12/h10-13,15-16,19,26H,3-9H2,1-2H3,(H,21,22,23)/t13-,15-,16-,19-/m1/s1. The van der Waals surface area contributed by atoms with Gasteiger partial charge in [-0.15, -0.1) is 0 Å². The van der Waals surface area contributed by atoms with E-state index in [4.69, 9.17) is 14.2 Å². The molecule has 0 amide bonds. The number of anilines is 1. The number of nitrogens with zero attached hydrogens (tertiary/aromatic N) is 4. The Balaban J connectivity index is 1.40. The lowest BCUT2D eigenvalue weighted by Crippen LogP contribution is -2.31. The number of aliphatic hydroxyl groups is 1. The quantitative estimate of drug-likeness (QED) is 0.783. The van der Waals surface area contributed by atoms with Crippen molar-refractivity contribution in [2.45, 2.75) is 76.3 Å². The van der Waals surface area contributed by atoms with Gasteiger partial charge in [0.25, 0.3) is 0 Å². The second-order valence-corrected chi connectivity index (χ2v) is 8.74. The Labute approximate surface area is 169 Å². The van der Waals surface area contributed by atoms with E-state index in [-0.39, 0.29) is 18.8 Å². The SMILES string of the molecule is CC1(C)O[C@@H]2[C@H](O1)[C@@H](CO)O[C@H]2n1cnc2c(NCC3CCCCC3)ncnc21. The van der Waals surface area contributed by atoms with E-state index in [9.17, 15) is 5.11 Å². The second-order valence-electron chi connectivity index (χ2n) is 8.74. The fourth-order valence-electron chi connectivity index (χ4n) is 4.83. The van der Waals surface area contributed by atoms with Gasteiger partial charge in [-0.2, -0.15) is 0 Å². The molecule has 29 heavy (non-hydrogen) atoms. The summed E-state index contributed by atoms with van der Waals surface area (Å²) in [6.45, 7) is 4.52. The fourth-order valence-corrected chi connectivity index (χ4v) is 4.83. The van der Waals surface area contributed by atoms with Crippen LogP contribution in [0.25, 0.3) is 11.2 Å². The molecular weight excluding hydrogens is 374 g/mol. The zero-order chi connectivity index (χ0) is 20.0. The van der Waals surface area contributed by atoms with E-state index in [1.165, 1.54) is 32.1 Å². The maximum atomic E-state index is 9.73. The van der Waals surface area contributed by atoms with Gasteiger partial charge in [0, 0.05) is 6.54 Å². The van der Waals surface area contributed by atoms with Gasteiger partial charge >= 0.3 is 0 Å². The van der Waals surface area contributed by atoms with Crippen LogP contribution in [-0.2, 0) is 14.2 Å². The molecule has 2 aliphatic heterocycles. The highest BCUT2D eigenvalue weighted by atomic mass is 16.8. The maximum Gasteiger partial charge on any atom is 0.167 e. The van der Waals surface area contributed by atoms with Crippen molar-refractivity contribution in [1.29, 1.82) is 0 Å². The van der Waals surface area contributed by atoms with Crippen LogP contribution in [0.1, 0.15) is 52.2 Å². The average molecular weight is 403 g/mol. The molecule has 0 aromatic carbocycles. The predicted molar refractivity (Wildman–Crippen MR) is 105 cm³/mol. The maximum absolute atomic E-state index is 9.73. The fraction of sp³-hybridized carbons (Fsp3) is 0.750. The Morgan fingerprint density at radius 1 is 1.14 bits per heavy atom. The molecular formula is C20H29N5O4. The van der Waals surface area contributed by atoms with Crippen molar-refractivity contribution in [2.75, 3.05) is 18.5 Å². The number of nitrogens with one attached hydrogen (secondary N) is 1. The normalized spacial score (nSPS) is 32.0. The molecule has 1 aliphatic carbocycles. The lowest BCUT2D eigenvalue weighted by Gasteiger charge is -2.24. The molecule has 158 valence electrons. The minimum absolute atomic E-state index is 0.132. The summed E-state index contributed by atoms with van der Waals surface area (Å²) in [5.41, 5.74) is 1.40. The van der Waals surface area contributed by atoms with Crippen LogP contribution in [0.4, 0.5) is 5.82 Å². The minimum Gasteiger partial charge on any atom is -0.394 e.